The minimum atomic E-state index is -0.153. The molecule has 0 atom stereocenters. The normalized spacial score (nSPS) is 11.5. The summed E-state index contributed by atoms with van der Waals surface area (Å²) in [6, 6.07) is 0. The molecule has 0 aromatic carbocycles. The molecule has 7 nitrogen and oxygen atoms in total. The maximum atomic E-state index is 8.63. The lowest BCUT2D eigenvalue weighted by Gasteiger charge is -2.20. The number of nitrogens with two attached hydrogens (primary N) is 1. The van der Waals surface area contributed by atoms with Gasteiger partial charge in [0.25, 0.3) is 0 Å². The zero-order valence-corrected chi connectivity index (χ0v) is 13.4. The number of hydrogen-bond donors (Lipinski definition) is 4. The summed E-state index contributed by atoms with van der Waals surface area (Å²) in [4.78, 5) is 9.04. The van der Waals surface area contributed by atoms with E-state index in [4.69, 9.17) is 15.7 Å². The number of ether oxygens (including phenoxy) is 1. The largest absolute Gasteiger partial charge is 0.394 e. The molecule has 1 heterocycles. The second-order valence-corrected chi connectivity index (χ2v) is 5.88. The highest BCUT2D eigenvalue weighted by molar-refractivity contribution is 5.57. The van der Waals surface area contributed by atoms with E-state index in [1.54, 1.807) is 0 Å². The van der Waals surface area contributed by atoms with E-state index in [1.807, 2.05) is 6.92 Å². The van der Waals surface area contributed by atoms with Gasteiger partial charge < -0.3 is 20.6 Å². The van der Waals surface area contributed by atoms with Crippen LogP contribution in [0.3, 0.4) is 0 Å². The highest BCUT2D eigenvalue weighted by Gasteiger charge is 2.20. The highest BCUT2D eigenvalue weighted by Crippen LogP contribution is 2.25. The van der Waals surface area contributed by atoms with Crippen molar-refractivity contribution < 1.29 is 9.84 Å². The number of hydrogen-bond acceptors (Lipinski definition) is 7. The van der Waals surface area contributed by atoms with Gasteiger partial charge in [0.2, 0.25) is 0 Å². The zero-order chi connectivity index (χ0) is 15.9. The summed E-state index contributed by atoms with van der Waals surface area (Å²) < 4.78 is 5.22. The molecular formula is C14H27N5O2. The van der Waals surface area contributed by atoms with Crippen LogP contribution in [0.15, 0.2) is 0 Å². The number of aromatic nitrogens is 2. The van der Waals surface area contributed by atoms with Crippen LogP contribution in [0.1, 0.15) is 38.6 Å². The van der Waals surface area contributed by atoms with E-state index >= 15 is 0 Å². The Labute approximate surface area is 126 Å². The third-order valence-electron chi connectivity index (χ3n) is 2.95. The molecule has 21 heavy (non-hydrogen) atoms. The van der Waals surface area contributed by atoms with E-state index in [2.05, 4.69) is 41.5 Å². The van der Waals surface area contributed by atoms with Crippen LogP contribution < -0.4 is 16.6 Å². The Kier molecular flexibility index (Phi) is 6.80. The van der Waals surface area contributed by atoms with Gasteiger partial charge in [0.05, 0.1) is 13.2 Å². The highest BCUT2D eigenvalue weighted by atomic mass is 16.5. The molecule has 0 radical (unpaired) electrons. The fourth-order valence-corrected chi connectivity index (χ4v) is 1.71. The van der Waals surface area contributed by atoms with E-state index in [0.717, 1.165) is 30.2 Å². The summed E-state index contributed by atoms with van der Waals surface area (Å²) in [5, 5.41) is 11.9. The molecule has 1 rings (SSSR count). The number of hydrazine groups is 1. The van der Waals surface area contributed by atoms with Gasteiger partial charge in [0, 0.05) is 24.1 Å². The molecule has 0 fully saturated rings. The van der Waals surface area contributed by atoms with Gasteiger partial charge in [-0.3, -0.25) is 0 Å². The van der Waals surface area contributed by atoms with Gasteiger partial charge in [-0.2, -0.15) is 0 Å². The van der Waals surface area contributed by atoms with Crippen LogP contribution in [0.25, 0.3) is 0 Å². The Bertz CT molecular complexity index is 446. The van der Waals surface area contributed by atoms with Crippen LogP contribution >= 0.6 is 0 Å². The smallest absolute Gasteiger partial charge is 0.148 e. The average Bonchev–Trinajstić information content (AvgIpc) is 2.43. The molecule has 1 aromatic rings. The summed E-state index contributed by atoms with van der Waals surface area (Å²) in [7, 11) is 0. The topological polar surface area (TPSA) is 105 Å². The predicted octanol–water partition coefficient (Wildman–Crippen LogP) is 1.18. The first-order chi connectivity index (χ1) is 9.90. The van der Waals surface area contributed by atoms with E-state index < -0.39 is 0 Å². The number of nitrogens with zero attached hydrogens (tertiary/aromatic N) is 2. The van der Waals surface area contributed by atoms with Crippen molar-refractivity contribution in [3.05, 3.63) is 11.4 Å². The maximum Gasteiger partial charge on any atom is 0.148 e. The summed E-state index contributed by atoms with van der Waals surface area (Å²) in [5.74, 6) is 7.68. The first-order valence-corrected chi connectivity index (χ1v) is 7.18. The van der Waals surface area contributed by atoms with Gasteiger partial charge in [0.1, 0.15) is 17.5 Å². The number of aliphatic hydroxyl groups is 1. The van der Waals surface area contributed by atoms with Crippen molar-refractivity contribution in [2.45, 2.75) is 39.5 Å². The minimum absolute atomic E-state index is 0.0545. The Morgan fingerprint density at radius 2 is 1.86 bits per heavy atom. The lowest BCUT2D eigenvalue weighted by molar-refractivity contribution is 0.0922. The van der Waals surface area contributed by atoms with E-state index in [0.29, 0.717) is 19.0 Å². The van der Waals surface area contributed by atoms with E-state index in [9.17, 15) is 0 Å². The number of rotatable bonds is 8. The summed E-state index contributed by atoms with van der Waals surface area (Å²) in [6.45, 7) is 9.87. The molecule has 1 aromatic heterocycles. The Hall–Kier alpha value is -1.44. The van der Waals surface area contributed by atoms with Gasteiger partial charge in [0.15, 0.2) is 0 Å². The Balaban J connectivity index is 2.72. The minimum Gasteiger partial charge on any atom is -0.394 e. The quantitative estimate of drug-likeness (QED) is 0.324. The first-order valence-electron chi connectivity index (χ1n) is 7.18. The Morgan fingerprint density at radius 3 is 2.43 bits per heavy atom. The van der Waals surface area contributed by atoms with Crippen molar-refractivity contribution in [3.63, 3.8) is 0 Å². The van der Waals surface area contributed by atoms with E-state index in [1.165, 1.54) is 0 Å². The van der Waals surface area contributed by atoms with Crippen molar-refractivity contribution in [1.82, 2.24) is 9.97 Å². The van der Waals surface area contributed by atoms with Crippen LogP contribution in [-0.2, 0) is 10.2 Å². The van der Waals surface area contributed by atoms with Crippen LogP contribution in [-0.4, -0.2) is 41.4 Å². The Morgan fingerprint density at radius 1 is 1.19 bits per heavy atom. The van der Waals surface area contributed by atoms with Gasteiger partial charge in [-0.1, -0.05) is 20.8 Å². The molecule has 5 N–H and O–H groups in total. The maximum absolute atomic E-state index is 8.63. The lowest BCUT2D eigenvalue weighted by Crippen LogP contribution is -2.21. The van der Waals surface area contributed by atoms with Crippen LogP contribution in [0.2, 0.25) is 0 Å². The van der Waals surface area contributed by atoms with Crippen LogP contribution in [0.5, 0.6) is 0 Å². The molecule has 0 aliphatic heterocycles. The monoisotopic (exact) mass is 297 g/mol. The van der Waals surface area contributed by atoms with Crippen LogP contribution in [0, 0.1) is 6.92 Å². The summed E-state index contributed by atoms with van der Waals surface area (Å²) in [5.41, 5.74) is 3.36. The van der Waals surface area contributed by atoms with Gasteiger partial charge in [-0.15, -0.1) is 0 Å². The number of anilines is 2. The fraction of sp³-hybridized carbons (Fsp3) is 0.714. The molecule has 7 heteroatoms. The number of nitrogen functional groups attached to an aromatic ring is 1. The van der Waals surface area contributed by atoms with Gasteiger partial charge in [-0.05, 0) is 13.3 Å². The molecule has 0 saturated carbocycles. The molecule has 0 amide bonds. The third-order valence-corrected chi connectivity index (χ3v) is 2.95. The number of aliphatic hydroxyl groups excluding tert-OH is 1. The molecule has 0 saturated heterocycles. The molecule has 0 aliphatic carbocycles. The average molecular weight is 297 g/mol. The van der Waals surface area contributed by atoms with Crippen LogP contribution in [0.4, 0.5) is 11.6 Å². The third kappa shape index (κ3) is 5.45. The van der Waals surface area contributed by atoms with Crippen molar-refractivity contribution in [2.24, 2.45) is 5.84 Å². The van der Waals surface area contributed by atoms with E-state index in [-0.39, 0.29) is 12.0 Å². The molecule has 0 aliphatic rings. The second-order valence-electron chi connectivity index (χ2n) is 5.88. The van der Waals surface area contributed by atoms with Crippen molar-refractivity contribution >= 4 is 11.6 Å². The SMILES string of the molecule is Cc1c(NN)nc(C(C)(C)C)nc1NCCCOCCO. The first kappa shape index (κ1) is 17.6. The zero-order valence-electron chi connectivity index (χ0n) is 13.4. The predicted molar refractivity (Wildman–Crippen MR) is 84.3 cm³/mol. The number of nitrogens with one attached hydrogen (secondary N) is 2. The molecular weight excluding hydrogens is 270 g/mol. The second kappa shape index (κ2) is 8.11. The summed E-state index contributed by atoms with van der Waals surface area (Å²) >= 11 is 0. The molecule has 0 bridgehead atoms. The summed E-state index contributed by atoms with van der Waals surface area (Å²) in [6.07, 6.45) is 0.833. The lowest BCUT2D eigenvalue weighted by atomic mass is 9.95. The molecule has 0 unspecified atom stereocenters. The molecule has 0 spiro atoms. The fourth-order valence-electron chi connectivity index (χ4n) is 1.71. The van der Waals surface area contributed by atoms with Gasteiger partial charge in [-0.25, -0.2) is 15.8 Å². The molecule has 120 valence electrons. The van der Waals surface area contributed by atoms with Crippen molar-refractivity contribution in [1.29, 1.82) is 0 Å². The van der Waals surface area contributed by atoms with Gasteiger partial charge >= 0.3 is 0 Å². The van der Waals surface area contributed by atoms with Crippen molar-refractivity contribution in [2.75, 3.05) is 37.1 Å². The standard InChI is InChI=1S/C14H27N5O2/c1-10-11(16-6-5-8-21-9-7-20)17-13(14(2,3)4)18-12(10)19-15/h20H,5-9,15H2,1-4H3,(H2,16,17,18,19). The van der Waals surface area contributed by atoms with Crippen molar-refractivity contribution in [3.8, 4) is 0 Å².